The highest BCUT2D eigenvalue weighted by atomic mass is 19.1. The Labute approximate surface area is 117 Å². The third-order valence-electron chi connectivity index (χ3n) is 3.62. The van der Waals surface area contributed by atoms with Gasteiger partial charge in [0.15, 0.2) is 5.82 Å². The van der Waals surface area contributed by atoms with Crippen molar-refractivity contribution in [3.8, 4) is 5.75 Å². The molecular weight excluding hydrogens is 257 g/mol. The van der Waals surface area contributed by atoms with Gasteiger partial charge in [-0.2, -0.15) is 0 Å². The molecule has 0 saturated heterocycles. The van der Waals surface area contributed by atoms with Crippen LogP contribution in [-0.4, -0.2) is 30.2 Å². The van der Waals surface area contributed by atoms with Crippen molar-refractivity contribution >= 4 is 5.95 Å². The zero-order chi connectivity index (χ0) is 13.9. The second kappa shape index (κ2) is 5.45. The number of aromatic nitrogens is 2. The molecule has 1 aliphatic rings. The van der Waals surface area contributed by atoms with Gasteiger partial charge in [0, 0.05) is 13.1 Å². The van der Waals surface area contributed by atoms with Gasteiger partial charge in [-0.1, -0.05) is 12.1 Å². The molecule has 3 rings (SSSR count). The van der Waals surface area contributed by atoms with Crippen molar-refractivity contribution in [2.45, 2.75) is 12.8 Å². The summed E-state index contributed by atoms with van der Waals surface area (Å²) >= 11 is 0. The van der Waals surface area contributed by atoms with E-state index in [9.17, 15) is 4.39 Å². The van der Waals surface area contributed by atoms with Crippen LogP contribution >= 0.6 is 0 Å². The molecule has 5 heteroatoms. The average Bonchev–Trinajstić information content (AvgIpc) is 2.70. The van der Waals surface area contributed by atoms with E-state index in [-0.39, 0.29) is 0 Å². The maximum Gasteiger partial charge on any atom is 0.225 e. The van der Waals surface area contributed by atoms with Crippen LogP contribution in [0.5, 0.6) is 5.75 Å². The van der Waals surface area contributed by atoms with Gasteiger partial charge in [-0.3, -0.25) is 0 Å². The van der Waals surface area contributed by atoms with Gasteiger partial charge in [-0.25, -0.2) is 14.4 Å². The minimum absolute atomic E-state index is 0.409. The highest BCUT2D eigenvalue weighted by Crippen LogP contribution is 2.26. The third-order valence-corrected chi connectivity index (χ3v) is 3.62. The number of benzene rings is 1. The lowest BCUT2D eigenvalue weighted by Gasteiger charge is -2.19. The van der Waals surface area contributed by atoms with Crippen LogP contribution in [0.1, 0.15) is 11.1 Å². The van der Waals surface area contributed by atoms with Gasteiger partial charge in [0.1, 0.15) is 5.75 Å². The number of anilines is 1. The lowest BCUT2D eigenvalue weighted by Crippen LogP contribution is -2.27. The van der Waals surface area contributed by atoms with Gasteiger partial charge >= 0.3 is 0 Å². The molecule has 1 aromatic carbocycles. The second-order valence-electron chi connectivity index (χ2n) is 4.79. The summed E-state index contributed by atoms with van der Waals surface area (Å²) in [6, 6.07) is 6.14. The van der Waals surface area contributed by atoms with Crippen LogP contribution < -0.4 is 9.64 Å². The molecule has 0 aliphatic carbocycles. The van der Waals surface area contributed by atoms with E-state index in [2.05, 4.69) is 20.9 Å². The van der Waals surface area contributed by atoms with E-state index in [0.717, 1.165) is 31.7 Å². The highest BCUT2D eigenvalue weighted by molar-refractivity contribution is 5.44. The largest absolute Gasteiger partial charge is 0.496 e. The Morgan fingerprint density at radius 1 is 1.15 bits per heavy atom. The van der Waals surface area contributed by atoms with Crippen LogP contribution in [0.25, 0.3) is 0 Å². The molecule has 2 aromatic rings. The van der Waals surface area contributed by atoms with Crippen molar-refractivity contribution < 1.29 is 9.13 Å². The summed E-state index contributed by atoms with van der Waals surface area (Å²) in [6.07, 6.45) is 4.20. The number of fused-ring (bicyclic) bond motifs is 1. The molecule has 1 aliphatic heterocycles. The fraction of sp³-hybridized carbons (Fsp3) is 0.333. The smallest absolute Gasteiger partial charge is 0.225 e. The molecule has 20 heavy (non-hydrogen) atoms. The Morgan fingerprint density at radius 3 is 2.65 bits per heavy atom. The van der Waals surface area contributed by atoms with Gasteiger partial charge < -0.3 is 9.64 Å². The molecule has 0 spiro atoms. The van der Waals surface area contributed by atoms with Crippen LogP contribution in [-0.2, 0) is 12.8 Å². The summed E-state index contributed by atoms with van der Waals surface area (Å²) in [6.45, 7) is 1.63. The molecule has 0 atom stereocenters. The molecule has 0 N–H and O–H groups in total. The molecule has 1 aromatic heterocycles. The number of rotatable bonds is 2. The molecule has 2 heterocycles. The highest BCUT2D eigenvalue weighted by Gasteiger charge is 2.18. The molecule has 104 valence electrons. The van der Waals surface area contributed by atoms with E-state index in [1.165, 1.54) is 23.5 Å². The lowest BCUT2D eigenvalue weighted by molar-refractivity contribution is 0.409. The van der Waals surface area contributed by atoms with E-state index < -0.39 is 5.82 Å². The maximum atomic E-state index is 12.9. The predicted octanol–water partition coefficient (Wildman–Crippen LogP) is 2.23. The minimum Gasteiger partial charge on any atom is -0.496 e. The van der Waals surface area contributed by atoms with E-state index >= 15 is 0 Å². The predicted molar refractivity (Wildman–Crippen MR) is 74.6 cm³/mol. The topological polar surface area (TPSA) is 38.2 Å². The van der Waals surface area contributed by atoms with E-state index in [4.69, 9.17) is 4.74 Å². The maximum absolute atomic E-state index is 12.9. The number of hydrogen-bond donors (Lipinski definition) is 0. The first-order valence-corrected chi connectivity index (χ1v) is 6.65. The van der Waals surface area contributed by atoms with Gasteiger partial charge in [0.05, 0.1) is 19.5 Å². The molecular formula is C15H16FN3O. The van der Waals surface area contributed by atoms with Crippen molar-refractivity contribution in [1.29, 1.82) is 0 Å². The van der Waals surface area contributed by atoms with Crippen molar-refractivity contribution in [3.63, 3.8) is 0 Å². The van der Waals surface area contributed by atoms with Crippen LogP contribution in [0.2, 0.25) is 0 Å². The molecule has 0 bridgehead atoms. The van der Waals surface area contributed by atoms with Crippen molar-refractivity contribution in [2.24, 2.45) is 0 Å². The second-order valence-corrected chi connectivity index (χ2v) is 4.79. The van der Waals surface area contributed by atoms with Gasteiger partial charge in [-0.15, -0.1) is 0 Å². The monoisotopic (exact) mass is 273 g/mol. The van der Waals surface area contributed by atoms with Gasteiger partial charge in [0.2, 0.25) is 5.95 Å². The molecule has 0 saturated carbocycles. The molecule has 4 nitrogen and oxygen atoms in total. The first kappa shape index (κ1) is 12.8. The number of nitrogens with zero attached hydrogens (tertiary/aromatic N) is 3. The molecule has 0 unspecified atom stereocenters. The molecule has 0 fully saturated rings. The number of ether oxygens (including phenoxy) is 1. The number of halogens is 1. The fourth-order valence-electron chi connectivity index (χ4n) is 2.60. The summed E-state index contributed by atoms with van der Waals surface area (Å²) in [5.74, 6) is 1.11. The Kier molecular flexibility index (Phi) is 3.50. The Morgan fingerprint density at radius 2 is 1.90 bits per heavy atom. The van der Waals surface area contributed by atoms with Gasteiger partial charge in [0.25, 0.3) is 0 Å². The zero-order valence-electron chi connectivity index (χ0n) is 11.3. The Bertz CT molecular complexity index is 601. The number of methoxy groups -OCH3 is 1. The average molecular weight is 273 g/mol. The van der Waals surface area contributed by atoms with Gasteiger partial charge in [-0.05, 0) is 30.0 Å². The normalized spacial score (nSPS) is 14.6. The zero-order valence-corrected chi connectivity index (χ0v) is 11.3. The van der Waals surface area contributed by atoms with Crippen molar-refractivity contribution in [1.82, 2.24) is 9.97 Å². The minimum atomic E-state index is -0.409. The standard InChI is InChI=1S/C15H16FN3O/c1-20-14-4-2-3-11-5-7-19(8-6-13(11)14)15-17-9-12(16)10-18-15/h2-4,9-10H,5-8H2,1H3. The summed E-state index contributed by atoms with van der Waals surface area (Å²) in [5, 5.41) is 0. The van der Waals surface area contributed by atoms with Crippen LogP contribution in [0.3, 0.4) is 0 Å². The first-order chi connectivity index (χ1) is 9.78. The first-order valence-electron chi connectivity index (χ1n) is 6.65. The summed E-state index contributed by atoms with van der Waals surface area (Å²) in [4.78, 5) is 10.2. The summed E-state index contributed by atoms with van der Waals surface area (Å²) < 4.78 is 18.3. The number of hydrogen-bond acceptors (Lipinski definition) is 4. The quantitative estimate of drug-likeness (QED) is 0.841. The lowest BCUT2D eigenvalue weighted by atomic mass is 10.0. The van der Waals surface area contributed by atoms with E-state index in [1.807, 2.05) is 12.1 Å². The van der Waals surface area contributed by atoms with Crippen LogP contribution in [0.4, 0.5) is 10.3 Å². The molecule has 0 radical (unpaired) electrons. The van der Waals surface area contributed by atoms with Crippen LogP contribution in [0.15, 0.2) is 30.6 Å². The SMILES string of the molecule is COc1cccc2c1CCN(c1ncc(F)cn1)CC2. The van der Waals surface area contributed by atoms with E-state index in [1.54, 1.807) is 7.11 Å². The summed E-state index contributed by atoms with van der Waals surface area (Å²) in [5.41, 5.74) is 2.55. The summed E-state index contributed by atoms with van der Waals surface area (Å²) in [7, 11) is 1.70. The Balaban J connectivity index is 1.84. The fourth-order valence-corrected chi connectivity index (χ4v) is 2.60. The van der Waals surface area contributed by atoms with E-state index in [0.29, 0.717) is 5.95 Å². The Hall–Kier alpha value is -2.17. The van der Waals surface area contributed by atoms with Crippen molar-refractivity contribution in [3.05, 3.63) is 47.5 Å². The van der Waals surface area contributed by atoms with Crippen LogP contribution in [0, 0.1) is 5.82 Å². The van der Waals surface area contributed by atoms with Crippen molar-refractivity contribution in [2.75, 3.05) is 25.1 Å². The molecule has 0 amide bonds. The third kappa shape index (κ3) is 2.43.